The highest BCUT2D eigenvalue weighted by molar-refractivity contribution is 6.05. The number of para-hydroxylation sites is 1. The number of oxime groups is 1. The number of hydrogen-bond acceptors (Lipinski definition) is 4. The molecule has 112 valence electrons. The number of hydrogen-bond donors (Lipinski definition) is 2. The summed E-state index contributed by atoms with van der Waals surface area (Å²) in [6.45, 7) is 3.93. The number of benzene rings is 1. The molecule has 1 aromatic carbocycles. The monoisotopic (exact) mass is 288 g/mol. The second-order valence-electron chi connectivity index (χ2n) is 5.37. The number of anilines is 1. The fourth-order valence-corrected chi connectivity index (χ4v) is 2.99. The van der Waals surface area contributed by atoms with Crippen molar-refractivity contribution in [3.8, 4) is 0 Å². The number of carbonyl (C=O) groups excluding carboxylic acids is 1. The van der Waals surface area contributed by atoms with Crippen LogP contribution in [-0.4, -0.2) is 54.6 Å². The Balaban J connectivity index is 1.77. The average Bonchev–Trinajstić information content (AvgIpc) is 2.83. The van der Waals surface area contributed by atoms with E-state index in [1.165, 1.54) is 0 Å². The van der Waals surface area contributed by atoms with Crippen molar-refractivity contribution in [1.29, 1.82) is 0 Å². The molecule has 3 rings (SSSR count). The first-order valence-corrected chi connectivity index (χ1v) is 7.37. The Morgan fingerprint density at radius 2 is 2.00 bits per heavy atom. The van der Waals surface area contributed by atoms with Gasteiger partial charge in [0.15, 0.2) is 0 Å². The summed E-state index contributed by atoms with van der Waals surface area (Å²) in [7, 11) is 0. The lowest BCUT2D eigenvalue weighted by atomic mass is 10.1. The lowest BCUT2D eigenvalue weighted by Crippen LogP contribution is -2.37. The summed E-state index contributed by atoms with van der Waals surface area (Å²) in [5.74, 6) is 0. The summed E-state index contributed by atoms with van der Waals surface area (Å²) in [4.78, 5) is 15.7. The maximum absolute atomic E-state index is 11.6. The summed E-state index contributed by atoms with van der Waals surface area (Å²) in [5, 5.41) is 15.5. The van der Waals surface area contributed by atoms with Gasteiger partial charge in [-0.3, -0.25) is 0 Å². The van der Waals surface area contributed by atoms with Crippen LogP contribution in [0.25, 0.3) is 0 Å². The molecule has 2 aliphatic heterocycles. The Labute approximate surface area is 124 Å². The Morgan fingerprint density at radius 3 is 2.76 bits per heavy atom. The highest BCUT2D eigenvalue weighted by Gasteiger charge is 2.23. The first-order chi connectivity index (χ1) is 10.3. The smallest absolute Gasteiger partial charge is 0.317 e. The Morgan fingerprint density at radius 1 is 1.19 bits per heavy atom. The molecule has 0 spiro atoms. The van der Waals surface area contributed by atoms with E-state index >= 15 is 0 Å². The molecule has 1 aromatic rings. The van der Waals surface area contributed by atoms with E-state index in [1.54, 1.807) is 0 Å². The predicted molar refractivity (Wildman–Crippen MR) is 81.2 cm³/mol. The molecule has 2 N–H and O–H groups in total. The maximum Gasteiger partial charge on any atom is 0.317 e. The number of carbonyl (C=O) groups is 1. The minimum absolute atomic E-state index is 0.0238. The summed E-state index contributed by atoms with van der Waals surface area (Å²) in [6, 6.07) is 8.02. The van der Waals surface area contributed by atoms with Crippen LogP contribution in [0.2, 0.25) is 0 Å². The number of amides is 2. The molecule has 0 unspecified atom stereocenters. The molecule has 21 heavy (non-hydrogen) atoms. The van der Waals surface area contributed by atoms with Gasteiger partial charge in [-0.2, -0.15) is 0 Å². The van der Waals surface area contributed by atoms with E-state index in [2.05, 4.69) is 21.4 Å². The van der Waals surface area contributed by atoms with Crippen molar-refractivity contribution in [2.75, 3.05) is 37.6 Å². The van der Waals surface area contributed by atoms with E-state index in [9.17, 15) is 10.0 Å². The van der Waals surface area contributed by atoms with Gasteiger partial charge < -0.3 is 20.3 Å². The topological polar surface area (TPSA) is 68.2 Å². The zero-order chi connectivity index (χ0) is 14.7. The molecule has 2 aliphatic rings. The van der Waals surface area contributed by atoms with Crippen molar-refractivity contribution >= 4 is 17.4 Å². The van der Waals surface area contributed by atoms with E-state index in [-0.39, 0.29) is 6.03 Å². The molecule has 0 aromatic heterocycles. The Bertz CT molecular complexity index is 558. The summed E-state index contributed by atoms with van der Waals surface area (Å²) >= 11 is 0. The summed E-state index contributed by atoms with van der Waals surface area (Å²) < 4.78 is 0. The zero-order valence-corrected chi connectivity index (χ0v) is 12.0. The van der Waals surface area contributed by atoms with Gasteiger partial charge in [0.25, 0.3) is 0 Å². The van der Waals surface area contributed by atoms with Gasteiger partial charge in [0.05, 0.1) is 5.71 Å². The molecule has 6 nitrogen and oxygen atoms in total. The van der Waals surface area contributed by atoms with Crippen molar-refractivity contribution in [1.82, 2.24) is 10.2 Å². The van der Waals surface area contributed by atoms with E-state index < -0.39 is 0 Å². The van der Waals surface area contributed by atoms with E-state index in [1.807, 2.05) is 23.1 Å². The fourth-order valence-electron chi connectivity index (χ4n) is 2.99. The van der Waals surface area contributed by atoms with Crippen molar-refractivity contribution in [2.45, 2.75) is 12.8 Å². The van der Waals surface area contributed by atoms with Crippen LogP contribution in [0.3, 0.4) is 0 Å². The Kier molecular flexibility index (Phi) is 3.94. The predicted octanol–water partition coefficient (Wildman–Crippen LogP) is 1.49. The number of nitrogens with one attached hydrogen (secondary N) is 1. The minimum Gasteiger partial charge on any atom is -0.411 e. The van der Waals surface area contributed by atoms with Gasteiger partial charge in [-0.1, -0.05) is 23.4 Å². The molecule has 2 heterocycles. The molecule has 1 saturated heterocycles. The number of rotatable bonds is 3. The number of urea groups is 1. The second-order valence-corrected chi connectivity index (χ2v) is 5.37. The van der Waals surface area contributed by atoms with Crippen LogP contribution >= 0.6 is 0 Å². The van der Waals surface area contributed by atoms with Gasteiger partial charge in [0.2, 0.25) is 0 Å². The van der Waals surface area contributed by atoms with Crippen LogP contribution in [-0.2, 0) is 0 Å². The molecule has 6 heteroatoms. The van der Waals surface area contributed by atoms with E-state index in [0.717, 1.165) is 56.0 Å². The number of nitrogens with zero attached hydrogens (tertiary/aromatic N) is 3. The highest BCUT2D eigenvalue weighted by atomic mass is 16.4. The first kappa shape index (κ1) is 13.7. The zero-order valence-electron chi connectivity index (χ0n) is 12.0. The van der Waals surface area contributed by atoms with Crippen molar-refractivity contribution in [2.24, 2.45) is 5.16 Å². The van der Waals surface area contributed by atoms with Gasteiger partial charge in [-0.25, -0.2) is 4.79 Å². The fraction of sp³-hybridized carbons (Fsp3) is 0.467. The molecule has 0 bridgehead atoms. The number of fused-ring (bicyclic) bond motifs is 1. The maximum atomic E-state index is 11.6. The largest absolute Gasteiger partial charge is 0.411 e. The molecular formula is C15H20N4O2. The van der Waals surface area contributed by atoms with Crippen LogP contribution in [0, 0.1) is 0 Å². The van der Waals surface area contributed by atoms with Crippen molar-refractivity contribution < 1.29 is 10.0 Å². The third-order valence-corrected chi connectivity index (χ3v) is 4.10. The molecule has 0 atom stereocenters. The molecule has 0 saturated carbocycles. The van der Waals surface area contributed by atoms with E-state index in [0.29, 0.717) is 6.54 Å². The van der Waals surface area contributed by atoms with Gasteiger partial charge in [0, 0.05) is 44.0 Å². The van der Waals surface area contributed by atoms with Gasteiger partial charge in [0.1, 0.15) is 0 Å². The van der Waals surface area contributed by atoms with Crippen LogP contribution in [0.4, 0.5) is 10.5 Å². The molecule has 0 aliphatic carbocycles. The average molecular weight is 288 g/mol. The highest BCUT2D eigenvalue weighted by Crippen LogP contribution is 2.26. The third kappa shape index (κ3) is 2.79. The molecule has 2 amide bonds. The van der Waals surface area contributed by atoms with Crippen LogP contribution < -0.4 is 10.2 Å². The first-order valence-electron chi connectivity index (χ1n) is 7.37. The van der Waals surface area contributed by atoms with Crippen molar-refractivity contribution in [3.05, 3.63) is 29.8 Å². The lowest BCUT2D eigenvalue weighted by molar-refractivity contribution is 0.218. The normalized spacial score (nSPS) is 20.4. The molecule has 1 fully saturated rings. The van der Waals surface area contributed by atoms with Crippen LogP contribution in [0.5, 0.6) is 0 Å². The van der Waals surface area contributed by atoms with Crippen LogP contribution in [0.1, 0.15) is 18.4 Å². The minimum atomic E-state index is 0.0238. The second kappa shape index (κ2) is 6.03. The van der Waals surface area contributed by atoms with Gasteiger partial charge in [-0.15, -0.1) is 0 Å². The van der Waals surface area contributed by atoms with Gasteiger partial charge >= 0.3 is 6.03 Å². The molecule has 0 radical (unpaired) electrons. The molecular weight excluding hydrogens is 268 g/mol. The summed E-state index contributed by atoms with van der Waals surface area (Å²) in [5.41, 5.74) is 2.82. The van der Waals surface area contributed by atoms with Crippen LogP contribution in [0.15, 0.2) is 29.4 Å². The Hall–Kier alpha value is -2.24. The van der Waals surface area contributed by atoms with Crippen molar-refractivity contribution in [3.63, 3.8) is 0 Å². The lowest BCUT2D eigenvalue weighted by Gasteiger charge is -2.26. The standard InChI is InChI=1S/C15H20N4O2/c20-15-16-7-9-19(15)11-10-18-8-3-5-13(17-21)12-4-1-2-6-14(12)18/h1-2,4,6,21H,3,5,7-11H2,(H,16,20)/b17-13-. The summed E-state index contributed by atoms with van der Waals surface area (Å²) in [6.07, 6.45) is 1.72. The SMILES string of the molecule is O=C1NCCN1CCN1CCC/C(=N/O)c2ccccc21. The van der Waals surface area contributed by atoms with Gasteiger partial charge in [-0.05, 0) is 18.9 Å². The third-order valence-electron chi connectivity index (χ3n) is 4.10. The quantitative estimate of drug-likeness (QED) is 0.654. The van der Waals surface area contributed by atoms with E-state index in [4.69, 9.17) is 0 Å².